The lowest BCUT2D eigenvalue weighted by atomic mass is 10.0. The van der Waals surface area contributed by atoms with E-state index < -0.39 is 73.8 Å². The molecular weight excluding hydrogens is 388 g/mol. The number of aliphatic hydroxyl groups is 8. The van der Waals surface area contributed by atoms with Crippen molar-refractivity contribution in [1.29, 1.82) is 0 Å². The highest BCUT2D eigenvalue weighted by Gasteiger charge is 2.47. The molecule has 28 heavy (non-hydrogen) atoms. The molecule has 3 fully saturated rings. The van der Waals surface area contributed by atoms with Crippen molar-refractivity contribution in [1.82, 2.24) is 0 Å². The Hall–Kier alpha value is -0.520. The normalized spacial score (nSPS) is 53.1. The molecule has 3 rings (SSSR count). The number of rotatable bonds is 4. The molecule has 0 amide bonds. The molecule has 3 aliphatic rings. The lowest BCUT2D eigenvalue weighted by Gasteiger charge is -2.43. The maximum Gasteiger partial charge on any atom is 0.186 e. The molecular formula is C15H26O13. The van der Waals surface area contributed by atoms with Crippen LogP contribution in [0.2, 0.25) is 0 Å². The highest BCUT2D eigenvalue weighted by molar-refractivity contribution is 4.89. The number of aliphatic hydroxyl groups excluding tert-OH is 8. The molecule has 3 saturated heterocycles. The highest BCUT2D eigenvalue weighted by Crippen LogP contribution is 2.26. The molecule has 0 radical (unpaired) electrons. The van der Waals surface area contributed by atoms with Crippen LogP contribution in [0.3, 0.4) is 0 Å². The standard InChI is InChI=1S/C15H26O13/c16-4-1-25-14(11(21)7(4)17)28-6-3-26-15(12(22)9(6)19)27-5-2-24-13(23)10(20)8(5)18/h4-23H,1-3H2/t4-,5-,6-,7+,8+,9+,10-,11-,12-,13-,14+,15+/m1/s1. The van der Waals surface area contributed by atoms with Crippen molar-refractivity contribution in [3.63, 3.8) is 0 Å². The van der Waals surface area contributed by atoms with Crippen LogP contribution in [-0.4, -0.2) is 134 Å². The Kier molecular flexibility index (Phi) is 7.20. The van der Waals surface area contributed by atoms with Gasteiger partial charge in [-0.25, -0.2) is 0 Å². The van der Waals surface area contributed by atoms with Crippen LogP contribution < -0.4 is 0 Å². The van der Waals surface area contributed by atoms with Gasteiger partial charge in [-0.2, -0.15) is 0 Å². The monoisotopic (exact) mass is 414 g/mol. The van der Waals surface area contributed by atoms with Crippen molar-refractivity contribution in [2.24, 2.45) is 0 Å². The first kappa shape index (κ1) is 22.2. The summed E-state index contributed by atoms with van der Waals surface area (Å²) in [5.74, 6) is 0. The van der Waals surface area contributed by atoms with Gasteiger partial charge in [0.15, 0.2) is 18.9 Å². The topological polar surface area (TPSA) is 208 Å². The van der Waals surface area contributed by atoms with Gasteiger partial charge in [0.05, 0.1) is 19.8 Å². The number of hydrogen-bond donors (Lipinski definition) is 8. The molecule has 0 unspecified atom stereocenters. The molecule has 0 aromatic rings. The molecule has 0 saturated carbocycles. The lowest BCUT2D eigenvalue weighted by Crippen LogP contribution is -2.61. The second kappa shape index (κ2) is 9.09. The van der Waals surface area contributed by atoms with E-state index in [1.807, 2.05) is 0 Å². The van der Waals surface area contributed by atoms with Crippen molar-refractivity contribution in [3.8, 4) is 0 Å². The Bertz CT molecular complexity index is 464. The summed E-state index contributed by atoms with van der Waals surface area (Å²) >= 11 is 0. The van der Waals surface area contributed by atoms with E-state index >= 15 is 0 Å². The van der Waals surface area contributed by atoms with Gasteiger partial charge in [0.1, 0.15) is 54.9 Å². The van der Waals surface area contributed by atoms with Gasteiger partial charge in [-0.1, -0.05) is 0 Å². The molecule has 13 heteroatoms. The van der Waals surface area contributed by atoms with Gasteiger partial charge in [-0.15, -0.1) is 0 Å². The summed E-state index contributed by atoms with van der Waals surface area (Å²) < 4.78 is 25.9. The predicted octanol–water partition coefficient (Wildman–Crippen LogP) is -5.66. The van der Waals surface area contributed by atoms with Crippen LogP contribution in [0.25, 0.3) is 0 Å². The maximum atomic E-state index is 10.3. The second-order valence-corrected chi connectivity index (χ2v) is 6.99. The minimum Gasteiger partial charge on any atom is -0.388 e. The molecule has 0 spiro atoms. The lowest BCUT2D eigenvalue weighted by molar-refractivity contribution is -0.346. The van der Waals surface area contributed by atoms with Crippen LogP contribution in [0.15, 0.2) is 0 Å². The Balaban J connectivity index is 1.54. The number of hydrogen-bond acceptors (Lipinski definition) is 13. The fraction of sp³-hybridized carbons (Fsp3) is 1.00. The average Bonchev–Trinajstić information content (AvgIpc) is 2.68. The van der Waals surface area contributed by atoms with E-state index in [2.05, 4.69) is 0 Å². The zero-order valence-electron chi connectivity index (χ0n) is 14.7. The van der Waals surface area contributed by atoms with E-state index in [0.29, 0.717) is 0 Å². The van der Waals surface area contributed by atoms with Crippen molar-refractivity contribution in [2.75, 3.05) is 19.8 Å². The van der Waals surface area contributed by atoms with Crippen molar-refractivity contribution in [3.05, 3.63) is 0 Å². The Morgan fingerprint density at radius 1 is 0.500 bits per heavy atom. The molecule has 13 nitrogen and oxygen atoms in total. The van der Waals surface area contributed by atoms with E-state index in [1.54, 1.807) is 0 Å². The summed E-state index contributed by atoms with van der Waals surface area (Å²) in [7, 11) is 0. The van der Waals surface area contributed by atoms with E-state index in [9.17, 15) is 40.9 Å². The summed E-state index contributed by atoms with van der Waals surface area (Å²) in [5, 5.41) is 78.3. The predicted molar refractivity (Wildman–Crippen MR) is 83.2 cm³/mol. The summed E-state index contributed by atoms with van der Waals surface area (Å²) in [6.45, 7) is -0.887. The Labute approximate surface area is 159 Å². The molecule has 3 heterocycles. The zero-order chi connectivity index (χ0) is 20.6. The Morgan fingerprint density at radius 3 is 1.57 bits per heavy atom. The SMILES string of the molecule is O[C@@H]1[C@@H](O)[C@H](O[C@@H]2CO[C@@H](O[C@@H]3CO[C@@H](O)[C@H](O)[C@H]3O)[C@H](O)[C@H]2O)OC[C@H]1O. The summed E-state index contributed by atoms with van der Waals surface area (Å²) in [4.78, 5) is 0. The quantitative estimate of drug-likeness (QED) is 0.216. The first-order chi connectivity index (χ1) is 13.2. The van der Waals surface area contributed by atoms with Gasteiger partial charge in [0.25, 0.3) is 0 Å². The molecule has 8 N–H and O–H groups in total. The summed E-state index contributed by atoms with van der Waals surface area (Å²) in [6, 6.07) is 0. The van der Waals surface area contributed by atoms with Crippen LogP contribution in [0.4, 0.5) is 0 Å². The minimum atomic E-state index is -1.63. The highest BCUT2D eigenvalue weighted by atomic mass is 16.7. The molecule has 0 bridgehead atoms. The van der Waals surface area contributed by atoms with Gasteiger partial charge < -0.3 is 64.5 Å². The average molecular weight is 414 g/mol. The third-order valence-corrected chi connectivity index (χ3v) is 4.96. The third-order valence-electron chi connectivity index (χ3n) is 4.96. The molecule has 0 aromatic carbocycles. The van der Waals surface area contributed by atoms with Crippen LogP contribution in [0.5, 0.6) is 0 Å². The zero-order valence-corrected chi connectivity index (χ0v) is 14.7. The van der Waals surface area contributed by atoms with Crippen molar-refractivity contribution >= 4 is 0 Å². The van der Waals surface area contributed by atoms with E-state index in [4.69, 9.17) is 23.7 Å². The van der Waals surface area contributed by atoms with E-state index in [-0.39, 0.29) is 19.8 Å². The van der Waals surface area contributed by atoms with Crippen LogP contribution in [0.1, 0.15) is 0 Å². The van der Waals surface area contributed by atoms with Crippen LogP contribution >= 0.6 is 0 Å². The largest absolute Gasteiger partial charge is 0.388 e. The smallest absolute Gasteiger partial charge is 0.186 e. The van der Waals surface area contributed by atoms with Crippen LogP contribution in [0, 0.1) is 0 Å². The summed E-state index contributed by atoms with van der Waals surface area (Å²) in [5.41, 5.74) is 0. The fourth-order valence-corrected chi connectivity index (χ4v) is 3.15. The molecule has 164 valence electrons. The summed E-state index contributed by atoms with van der Waals surface area (Å²) in [6.07, 6.45) is -17.3. The molecule has 3 aliphatic heterocycles. The van der Waals surface area contributed by atoms with Crippen molar-refractivity contribution in [2.45, 2.75) is 73.8 Å². The van der Waals surface area contributed by atoms with Gasteiger partial charge in [0.2, 0.25) is 0 Å². The Morgan fingerprint density at radius 2 is 0.964 bits per heavy atom. The fourth-order valence-electron chi connectivity index (χ4n) is 3.15. The van der Waals surface area contributed by atoms with Gasteiger partial charge in [-0.3, -0.25) is 0 Å². The van der Waals surface area contributed by atoms with Gasteiger partial charge in [-0.05, 0) is 0 Å². The first-order valence-electron chi connectivity index (χ1n) is 8.81. The van der Waals surface area contributed by atoms with Crippen LogP contribution in [-0.2, 0) is 23.7 Å². The first-order valence-corrected chi connectivity index (χ1v) is 8.81. The minimum absolute atomic E-state index is 0.287. The number of ether oxygens (including phenoxy) is 5. The van der Waals surface area contributed by atoms with Gasteiger partial charge >= 0.3 is 0 Å². The molecule has 12 atom stereocenters. The molecule has 0 aliphatic carbocycles. The van der Waals surface area contributed by atoms with E-state index in [0.717, 1.165) is 0 Å². The van der Waals surface area contributed by atoms with Gasteiger partial charge in [0, 0.05) is 0 Å². The molecule has 0 aromatic heterocycles. The maximum absolute atomic E-state index is 10.3. The third kappa shape index (κ3) is 4.46. The second-order valence-electron chi connectivity index (χ2n) is 6.99. The van der Waals surface area contributed by atoms with E-state index in [1.165, 1.54) is 0 Å². The van der Waals surface area contributed by atoms with Crippen molar-refractivity contribution < 1.29 is 64.5 Å².